The number of halogens is 3. The van der Waals surface area contributed by atoms with E-state index in [-0.39, 0.29) is 11.9 Å². The van der Waals surface area contributed by atoms with Crippen molar-refractivity contribution < 1.29 is 9.18 Å². The molecule has 1 unspecified atom stereocenters. The van der Waals surface area contributed by atoms with Crippen LogP contribution in [-0.4, -0.2) is 17.3 Å². The number of amides is 1. The molecule has 0 fully saturated rings. The molecule has 0 aliphatic carbocycles. The molecule has 2 nitrogen and oxygen atoms in total. The molecular weight excluding hydrogens is 365 g/mol. The lowest BCUT2D eigenvalue weighted by atomic mass is 10.0. The highest BCUT2D eigenvalue weighted by Crippen LogP contribution is 2.18. The summed E-state index contributed by atoms with van der Waals surface area (Å²) >= 11 is 6.63. The molecule has 0 saturated carbocycles. The average molecular weight is 381 g/mol. The molecule has 0 aromatic heterocycles. The Morgan fingerprint density at radius 2 is 2.11 bits per heavy atom. The molecule has 0 aliphatic heterocycles. The van der Waals surface area contributed by atoms with E-state index < -0.39 is 5.82 Å². The van der Waals surface area contributed by atoms with E-state index in [0.717, 1.165) is 6.42 Å². The Balaban J connectivity index is 2.77. The van der Waals surface area contributed by atoms with E-state index in [2.05, 4.69) is 51.0 Å². The first-order valence-corrected chi connectivity index (χ1v) is 7.67. The van der Waals surface area contributed by atoms with Crippen molar-refractivity contribution >= 4 is 37.8 Å². The van der Waals surface area contributed by atoms with Gasteiger partial charge in [0.1, 0.15) is 5.82 Å². The van der Waals surface area contributed by atoms with Crippen molar-refractivity contribution in [2.45, 2.75) is 26.3 Å². The van der Waals surface area contributed by atoms with Crippen LogP contribution in [0.25, 0.3) is 0 Å². The van der Waals surface area contributed by atoms with Crippen molar-refractivity contribution in [3.05, 3.63) is 34.1 Å². The lowest BCUT2D eigenvalue weighted by Gasteiger charge is -2.18. The highest BCUT2D eigenvalue weighted by molar-refractivity contribution is 9.10. The maximum Gasteiger partial charge on any atom is 0.252 e. The van der Waals surface area contributed by atoms with Gasteiger partial charge in [-0.3, -0.25) is 4.79 Å². The van der Waals surface area contributed by atoms with Crippen molar-refractivity contribution in [3.8, 4) is 0 Å². The third-order valence-electron chi connectivity index (χ3n) is 2.45. The number of hydrogen-bond donors (Lipinski definition) is 1. The van der Waals surface area contributed by atoms with E-state index in [9.17, 15) is 9.18 Å². The van der Waals surface area contributed by atoms with Gasteiger partial charge >= 0.3 is 0 Å². The Morgan fingerprint density at radius 3 is 2.67 bits per heavy atom. The second-order valence-electron chi connectivity index (χ2n) is 4.58. The zero-order valence-corrected chi connectivity index (χ0v) is 13.5. The topological polar surface area (TPSA) is 29.1 Å². The Kier molecular flexibility index (Phi) is 6.29. The van der Waals surface area contributed by atoms with Gasteiger partial charge in [0.15, 0.2) is 0 Å². The molecule has 5 heteroatoms. The predicted octanol–water partition coefficient (Wildman–Crippen LogP) is 4.13. The van der Waals surface area contributed by atoms with E-state index >= 15 is 0 Å². The molecule has 1 rings (SSSR count). The molecule has 1 aromatic rings. The van der Waals surface area contributed by atoms with Crippen LogP contribution >= 0.6 is 31.9 Å². The van der Waals surface area contributed by atoms with Crippen LogP contribution in [0, 0.1) is 11.7 Å². The highest BCUT2D eigenvalue weighted by atomic mass is 79.9. The van der Waals surface area contributed by atoms with Gasteiger partial charge in [0.2, 0.25) is 0 Å². The highest BCUT2D eigenvalue weighted by Gasteiger charge is 2.16. The number of benzene rings is 1. The van der Waals surface area contributed by atoms with Crippen LogP contribution in [0.3, 0.4) is 0 Å². The fourth-order valence-corrected chi connectivity index (χ4v) is 2.52. The third-order valence-corrected chi connectivity index (χ3v) is 3.92. The Labute approximate surface area is 124 Å². The van der Waals surface area contributed by atoms with Crippen molar-refractivity contribution in [1.29, 1.82) is 0 Å². The number of alkyl halides is 1. The van der Waals surface area contributed by atoms with Crippen LogP contribution in [0.15, 0.2) is 22.7 Å². The summed E-state index contributed by atoms with van der Waals surface area (Å²) < 4.78 is 13.7. The quantitative estimate of drug-likeness (QED) is 0.764. The standard InChI is InChI=1S/C13H16Br2FNO/c1-8(2)5-10(7-14)17-13(18)11-6-9(16)3-4-12(11)15/h3-4,6,8,10H,5,7H2,1-2H3,(H,17,18). The minimum absolute atomic E-state index is 0.0488. The van der Waals surface area contributed by atoms with Gasteiger partial charge in [-0.05, 0) is 46.5 Å². The monoisotopic (exact) mass is 379 g/mol. The SMILES string of the molecule is CC(C)CC(CBr)NC(=O)c1cc(F)ccc1Br. The fourth-order valence-electron chi connectivity index (χ4n) is 1.66. The normalized spacial score (nSPS) is 12.6. The van der Waals surface area contributed by atoms with Gasteiger partial charge in [0, 0.05) is 15.8 Å². The first-order chi connectivity index (χ1) is 8.43. The third kappa shape index (κ3) is 4.69. The molecular formula is C13H16Br2FNO. The Hall–Kier alpha value is -0.420. The molecule has 0 saturated heterocycles. The van der Waals surface area contributed by atoms with Crippen LogP contribution in [-0.2, 0) is 0 Å². The Morgan fingerprint density at radius 1 is 1.44 bits per heavy atom. The molecule has 0 radical (unpaired) electrons. The number of carbonyl (C=O) groups is 1. The van der Waals surface area contributed by atoms with Crippen LogP contribution in [0.2, 0.25) is 0 Å². The molecule has 1 aromatic carbocycles. The van der Waals surface area contributed by atoms with Gasteiger partial charge in [-0.1, -0.05) is 29.8 Å². The molecule has 100 valence electrons. The van der Waals surface area contributed by atoms with Gasteiger partial charge in [-0.15, -0.1) is 0 Å². The van der Waals surface area contributed by atoms with E-state index in [1.165, 1.54) is 18.2 Å². The van der Waals surface area contributed by atoms with E-state index in [1.54, 1.807) is 0 Å². The molecule has 1 atom stereocenters. The fraction of sp³-hybridized carbons (Fsp3) is 0.462. The van der Waals surface area contributed by atoms with Crippen molar-refractivity contribution in [2.75, 3.05) is 5.33 Å². The van der Waals surface area contributed by atoms with Crippen LogP contribution in [0.5, 0.6) is 0 Å². The Bertz CT molecular complexity index is 423. The first-order valence-electron chi connectivity index (χ1n) is 5.76. The van der Waals surface area contributed by atoms with Crippen LogP contribution < -0.4 is 5.32 Å². The molecule has 1 amide bonds. The average Bonchev–Trinajstić information content (AvgIpc) is 2.30. The van der Waals surface area contributed by atoms with Crippen molar-refractivity contribution in [1.82, 2.24) is 5.32 Å². The van der Waals surface area contributed by atoms with Crippen LogP contribution in [0.4, 0.5) is 4.39 Å². The summed E-state index contributed by atoms with van der Waals surface area (Å²) in [4.78, 5) is 12.0. The van der Waals surface area contributed by atoms with E-state index in [1.807, 2.05) is 0 Å². The van der Waals surface area contributed by atoms with Crippen molar-refractivity contribution in [2.24, 2.45) is 5.92 Å². The largest absolute Gasteiger partial charge is 0.348 e. The summed E-state index contributed by atoms with van der Waals surface area (Å²) in [7, 11) is 0. The maximum atomic E-state index is 13.1. The molecule has 0 aliphatic rings. The lowest BCUT2D eigenvalue weighted by molar-refractivity contribution is 0.0936. The lowest BCUT2D eigenvalue weighted by Crippen LogP contribution is -2.37. The number of hydrogen-bond acceptors (Lipinski definition) is 1. The van der Waals surface area contributed by atoms with Gasteiger partial charge in [0.05, 0.1) is 5.56 Å². The van der Waals surface area contributed by atoms with Gasteiger partial charge < -0.3 is 5.32 Å². The summed E-state index contributed by atoms with van der Waals surface area (Å²) in [5.74, 6) is -0.183. The summed E-state index contributed by atoms with van der Waals surface area (Å²) in [6.07, 6.45) is 0.879. The zero-order chi connectivity index (χ0) is 13.7. The van der Waals surface area contributed by atoms with Gasteiger partial charge in [-0.25, -0.2) is 4.39 Å². The molecule has 0 spiro atoms. The second kappa shape index (κ2) is 7.24. The van der Waals surface area contributed by atoms with E-state index in [4.69, 9.17) is 0 Å². The number of rotatable bonds is 5. The number of carbonyl (C=O) groups excluding carboxylic acids is 1. The zero-order valence-electron chi connectivity index (χ0n) is 10.3. The summed E-state index contributed by atoms with van der Waals surface area (Å²) in [5.41, 5.74) is 0.324. The summed E-state index contributed by atoms with van der Waals surface area (Å²) in [6.45, 7) is 4.19. The number of nitrogens with one attached hydrogen (secondary N) is 1. The van der Waals surface area contributed by atoms with Crippen molar-refractivity contribution in [3.63, 3.8) is 0 Å². The maximum absolute atomic E-state index is 13.1. The van der Waals surface area contributed by atoms with Gasteiger partial charge in [0.25, 0.3) is 5.91 Å². The first kappa shape index (κ1) is 15.6. The second-order valence-corrected chi connectivity index (χ2v) is 6.08. The molecule has 0 heterocycles. The summed E-state index contributed by atoms with van der Waals surface area (Å²) in [6, 6.07) is 4.14. The molecule has 18 heavy (non-hydrogen) atoms. The minimum Gasteiger partial charge on any atom is -0.348 e. The summed E-state index contributed by atoms with van der Waals surface area (Å²) in [5, 5.41) is 3.58. The minimum atomic E-state index is -0.414. The molecule has 1 N–H and O–H groups in total. The van der Waals surface area contributed by atoms with Crippen LogP contribution in [0.1, 0.15) is 30.6 Å². The smallest absolute Gasteiger partial charge is 0.252 e. The van der Waals surface area contributed by atoms with E-state index in [0.29, 0.717) is 21.3 Å². The molecule has 0 bridgehead atoms. The van der Waals surface area contributed by atoms with Gasteiger partial charge in [-0.2, -0.15) is 0 Å². The predicted molar refractivity (Wildman–Crippen MR) is 78.6 cm³/mol.